The Hall–Kier alpha value is -1.25. The van der Waals surface area contributed by atoms with Crippen LogP contribution in [0.4, 0.5) is 0 Å². The summed E-state index contributed by atoms with van der Waals surface area (Å²) in [6, 6.07) is 11.7. The summed E-state index contributed by atoms with van der Waals surface area (Å²) in [4.78, 5) is 0. The Balaban J connectivity index is 2.15. The van der Waals surface area contributed by atoms with Gasteiger partial charge in [0.05, 0.1) is 6.54 Å². The van der Waals surface area contributed by atoms with Gasteiger partial charge >= 0.3 is 0 Å². The van der Waals surface area contributed by atoms with Crippen LogP contribution < -0.4 is 5.32 Å². The molecule has 1 aromatic carbocycles. The van der Waals surface area contributed by atoms with Gasteiger partial charge in [0.25, 0.3) is 0 Å². The van der Waals surface area contributed by atoms with Crippen LogP contribution in [-0.4, -0.2) is 6.54 Å². The number of furan rings is 1. The van der Waals surface area contributed by atoms with Gasteiger partial charge in [0.15, 0.2) is 5.76 Å². The third-order valence-corrected chi connectivity index (χ3v) is 2.68. The zero-order chi connectivity index (χ0) is 11.4. The van der Waals surface area contributed by atoms with E-state index >= 15 is 0 Å². The van der Waals surface area contributed by atoms with Crippen LogP contribution in [0, 0.1) is 0 Å². The molecule has 0 spiro atoms. The molecule has 0 aliphatic carbocycles. The molecule has 0 atom stereocenters. The van der Waals surface area contributed by atoms with E-state index in [-0.39, 0.29) is 0 Å². The molecule has 16 heavy (non-hydrogen) atoms. The molecule has 0 radical (unpaired) electrons. The van der Waals surface area contributed by atoms with Gasteiger partial charge in [-0.05, 0) is 43.3 Å². The molecule has 2 rings (SSSR count). The van der Waals surface area contributed by atoms with Crippen molar-refractivity contribution in [3.05, 3.63) is 47.2 Å². The van der Waals surface area contributed by atoms with Gasteiger partial charge in [-0.2, -0.15) is 0 Å². The third kappa shape index (κ3) is 2.65. The van der Waals surface area contributed by atoms with Crippen molar-refractivity contribution >= 4 is 11.6 Å². The fourth-order valence-corrected chi connectivity index (χ4v) is 1.67. The van der Waals surface area contributed by atoms with Gasteiger partial charge in [0.2, 0.25) is 0 Å². The SMILES string of the molecule is CC[NH2+]Cc1ccc(-c2ccc(Cl)cc2)o1. The zero-order valence-corrected chi connectivity index (χ0v) is 10.00. The average molecular weight is 237 g/mol. The van der Waals surface area contributed by atoms with Crippen molar-refractivity contribution in [2.75, 3.05) is 6.54 Å². The highest BCUT2D eigenvalue weighted by atomic mass is 35.5. The molecular formula is C13H15ClNO+. The maximum atomic E-state index is 5.84. The van der Waals surface area contributed by atoms with Crippen LogP contribution in [0.1, 0.15) is 12.7 Å². The summed E-state index contributed by atoms with van der Waals surface area (Å²) in [5.41, 5.74) is 1.06. The lowest BCUT2D eigenvalue weighted by molar-refractivity contribution is -0.669. The van der Waals surface area contributed by atoms with Gasteiger partial charge in [-0.15, -0.1) is 0 Å². The summed E-state index contributed by atoms with van der Waals surface area (Å²) in [6.45, 7) is 4.09. The molecule has 0 fully saturated rings. The Morgan fingerprint density at radius 3 is 2.56 bits per heavy atom. The van der Waals surface area contributed by atoms with E-state index in [1.54, 1.807) is 0 Å². The largest absolute Gasteiger partial charge is 0.455 e. The summed E-state index contributed by atoms with van der Waals surface area (Å²) in [7, 11) is 0. The van der Waals surface area contributed by atoms with E-state index < -0.39 is 0 Å². The summed E-state index contributed by atoms with van der Waals surface area (Å²) in [5, 5.41) is 2.94. The van der Waals surface area contributed by atoms with E-state index in [4.69, 9.17) is 16.0 Å². The van der Waals surface area contributed by atoms with Gasteiger partial charge in [-0.1, -0.05) is 11.6 Å². The molecule has 3 heteroatoms. The van der Waals surface area contributed by atoms with E-state index in [9.17, 15) is 0 Å². The van der Waals surface area contributed by atoms with Crippen molar-refractivity contribution in [2.24, 2.45) is 0 Å². The van der Waals surface area contributed by atoms with Crippen molar-refractivity contribution in [2.45, 2.75) is 13.5 Å². The molecule has 84 valence electrons. The number of halogens is 1. The van der Waals surface area contributed by atoms with E-state index in [1.165, 1.54) is 0 Å². The van der Waals surface area contributed by atoms with Crippen LogP contribution in [0.25, 0.3) is 11.3 Å². The van der Waals surface area contributed by atoms with E-state index in [0.29, 0.717) is 0 Å². The second-order valence-electron chi connectivity index (χ2n) is 3.67. The average Bonchev–Trinajstić information content (AvgIpc) is 2.76. The minimum atomic E-state index is 0.745. The van der Waals surface area contributed by atoms with Gasteiger partial charge in [-0.3, -0.25) is 0 Å². The number of benzene rings is 1. The normalized spacial score (nSPS) is 10.6. The molecule has 2 nitrogen and oxygen atoms in total. The number of hydrogen-bond acceptors (Lipinski definition) is 1. The Morgan fingerprint density at radius 2 is 1.88 bits per heavy atom. The molecule has 0 saturated carbocycles. The number of rotatable bonds is 4. The molecule has 0 bridgehead atoms. The molecule has 2 N–H and O–H groups in total. The topological polar surface area (TPSA) is 29.8 Å². The lowest BCUT2D eigenvalue weighted by atomic mass is 10.2. The molecule has 0 amide bonds. The molecule has 0 unspecified atom stereocenters. The quantitative estimate of drug-likeness (QED) is 0.869. The monoisotopic (exact) mass is 236 g/mol. The highest BCUT2D eigenvalue weighted by molar-refractivity contribution is 6.30. The zero-order valence-electron chi connectivity index (χ0n) is 9.24. The molecule has 0 aliphatic rings. The van der Waals surface area contributed by atoms with Crippen LogP contribution in [0.5, 0.6) is 0 Å². The molecule has 1 aromatic heterocycles. The van der Waals surface area contributed by atoms with Crippen molar-refractivity contribution < 1.29 is 9.73 Å². The third-order valence-electron chi connectivity index (χ3n) is 2.42. The Morgan fingerprint density at radius 1 is 1.12 bits per heavy atom. The first-order chi connectivity index (χ1) is 7.79. The van der Waals surface area contributed by atoms with Crippen molar-refractivity contribution in [3.63, 3.8) is 0 Å². The maximum absolute atomic E-state index is 5.84. The van der Waals surface area contributed by atoms with Crippen LogP contribution in [-0.2, 0) is 6.54 Å². The predicted molar refractivity (Wildman–Crippen MR) is 65.3 cm³/mol. The van der Waals surface area contributed by atoms with Crippen LogP contribution in [0.3, 0.4) is 0 Å². The van der Waals surface area contributed by atoms with Crippen molar-refractivity contribution in [1.29, 1.82) is 0 Å². The van der Waals surface area contributed by atoms with Gasteiger partial charge < -0.3 is 9.73 Å². The standard InChI is InChI=1S/C13H14ClNO/c1-2-15-9-12-7-8-13(16-12)10-3-5-11(14)6-4-10/h3-8,15H,2,9H2,1H3/p+1. The van der Waals surface area contributed by atoms with E-state index in [2.05, 4.69) is 12.2 Å². The van der Waals surface area contributed by atoms with E-state index in [1.807, 2.05) is 36.4 Å². The van der Waals surface area contributed by atoms with E-state index in [0.717, 1.165) is 35.2 Å². The number of quaternary nitrogens is 1. The Bertz CT molecular complexity index is 447. The Kier molecular flexibility index (Phi) is 3.65. The Labute approximate surface area is 100 Å². The smallest absolute Gasteiger partial charge is 0.158 e. The van der Waals surface area contributed by atoms with Crippen molar-refractivity contribution in [3.8, 4) is 11.3 Å². The summed E-state index contributed by atoms with van der Waals surface area (Å²) in [5.74, 6) is 1.91. The first-order valence-corrected chi connectivity index (χ1v) is 5.83. The lowest BCUT2D eigenvalue weighted by Gasteiger charge is -1.97. The fraction of sp³-hybridized carbons (Fsp3) is 0.231. The van der Waals surface area contributed by atoms with Crippen LogP contribution >= 0.6 is 11.6 Å². The minimum Gasteiger partial charge on any atom is -0.455 e. The predicted octanol–water partition coefficient (Wildman–Crippen LogP) is 2.68. The minimum absolute atomic E-state index is 0.745. The van der Waals surface area contributed by atoms with Crippen molar-refractivity contribution in [1.82, 2.24) is 0 Å². The van der Waals surface area contributed by atoms with Gasteiger partial charge in [0, 0.05) is 10.6 Å². The van der Waals surface area contributed by atoms with Gasteiger partial charge in [0.1, 0.15) is 12.3 Å². The lowest BCUT2D eigenvalue weighted by Crippen LogP contribution is -2.81. The van der Waals surface area contributed by atoms with Gasteiger partial charge in [-0.25, -0.2) is 0 Å². The molecular weight excluding hydrogens is 222 g/mol. The first kappa shape index (κ1) is 11.2. The summed E-state index contributed by atoms with van der Waals surface area (Å²) >= 11 is 5.84. The second kappa shape index (κ2) is 5.19. The second-order valence-corrected chi connectivity index (χ2v) is 4.11. The van der Waals surface area contributed by atoms with Crippen LogP contribution in [0.2, 0.25) is 5.02 Å². The first-order valence-electron chi connectivity index (χ1n) is 5.46. The maximum Gasteiger partial charge on any atom is 0.158 e. The molecule has 1 heterocycles. The molecule has 0 saturated heterocycles. The van der Waals surface area contributed by atoms with Crippen LogP contribution in [0.15, 0.2) is 40.8 Å². The summed E-state index contributed by atoms with van der Waals surface area (Å²) in [6.07, 6.45) is 0. The highest BCUT2D eigenvalue weighted by Gasteiger charge is 2.05. The highest BCUT2D eigenvalue weighted by Crippen LogP contribution is 2.23. The fourth-order valence-electron chi connectivity index (χ4n) is 1.54. The summed E-state index contributed by atoms with van der Waals surface area (Å²) < 4.78 is 5.74. The molecule has 2 aromatic rings. The number of hydrogen-bond donors (Lipinski definition) is 1. The number of nitrogens with two attached hydrogens (primary N) is 1. The molecule has 0 aliphatic heterocycles.